The highest BCUT2D eigenvalue weighted by Crippen LogP contribution is 2.29. The van der Waals surface area contributed by atoms with E-state index in [9.17, 15) is 0 Å². The summed E-state index contributed by atoms with van der Waals surface area (Å²) in [5.74, 6) is 0. The fourth-order valence-electron chi connectivity index (χ4n) is 2.81. The normalized spacial score (nSPS) is 10.6. The summed E-state index contributed by atoms with van der Waals surface area (Å²) in [6, 6.07) is 14.0. The maximum atomic E-state index is 7.10. The molecule has 0 amide bonds. The van der Waals surface area contributed by atoms with Crippen molar-refractivity contribution in [2.24, 2.45) is 0 Å². The summed E-state index contributed by atoms with van der Waals surface area (Å²) in [6.45, 7) is 13.3. The van der Waals surface area contributed by atoms with Gasteiger partial charge in [-0.3, -0.25) is 0 Å². The van der Waals surface area contributed by atoms with Crippen LogP contribution in [0.5, 0.6) is 0 Å². The second kappa shape index (κ2) is 6.51. The van der Waals surface area contributed by atoms with E-state index in [4.69, 9.17) is 18.2 Å². The minimum atomic E-state index is 0.454. The topological polar surface area (TPSA) is 22.2 Å². The van der Waals surface area contributed by atoms with Crippen molar-refractivity contribution in [2.45, 2.75) is 27.2 Å². The van der Waals surface area contributed by atoms with E-state index >= 15 is 0 Å². The SMILES string of the molecule is [C-]#[N+]c1ccc(-n2nc(C)c(Cc3ccc(C)cc3)c2C)cc1Cl. The van der Waals surface area contributed by atoms with Crippen LogP contribution < -0.4 is 0 Å². The number of hydrogen-bond acceptors (Lipinski definition) is 1. The van der Waals surface area contributed by atoms with Crippen molar-refractivity contribution in [3.05, 3.63) is 87.0 Å². The molecular weight excluding hydrogens is 318 g/mol. The first-order valence-corrected chi connectivity index (χ1v) is 8.15. The van der Waals surface area contributed by atoms with Gasteiger partial charge in [-0.2, -0.15) is 5.10 Å². The van der Waals surface area contributed by atoms with Gasteiger partial charge in [0.2, 0.25) is 5.69 Å². The first-order valence-electron chi connectivity index (χ1n) is 7.77. The largest absolute Gasteiger partial charge is 0.238 e. The second-order valence-electron chi connectivity index (χ2n) is 5.97. The molecule has 0 radical (unpaired) electrons. The molecule has 0 bridgehead atoms. The Kier molecular flexibility index (Phi) is 4.42. The van der Waals surface area contributed by atoms with Gasteiger partial charge in [-0.25, -0.2) is 9.53 Å². The minimum Gasteiger partial charge on any atom is -0.238 e. The highest BCUT2D eigenvalue weighted by molar-refractivity contribution is 6.33. The van der Waals surface area contributed by atoms with Crippen LogP contribution in [0.1, 0.15) is 28.1 Å². The molecule has 3 nitrogen and oxygen atoms in total. The minimum absolute atomic E-state index is 0.454. The zero-order valence-electron chi connectivity index (χ0n) is 14.0. The van der Waals surface area contributed by atoms with Gasteiger partial charge in [0.15, 0.2) is 0 Å². The lowest BCUT2D eigenvalue weighted by atomic mass is 10.0. The van der Waals surface area contributed by atoms with Crippen LogP contribution in [-0.2, 0) is 6.42 Å². The van der Waals surface area contributed by atoms with E-state index in [1.165, 1.54) is 16.7 Å². The first-order chi connectivity index (χ1) is 11.5. The number of aryl methyl sites for hydroxylation is 2. The van der Waals surface area contributed by atoms with Crippen molar-refractivity contribution in [1.29, 1.82) is 0 Å². The van der Waals surface area contributed by atoms with Crippen LogP contribution in [0.3, 0.4) is 0 Å². The molecule has 3 aromatic rings. The second-order valence-corrected chi connectivity index (χ2v) is 6.38. The van der Waals surface area contributed by atoms with E-state index in [1.807, 2.05) is 17.7 Å². The standard InChI is InChI=1S/C20H18ClN3/c1-13-5-7-16(8-6-13)11-18-14(2)23-24(15(18)3)17-9-10-20(22-4)19(21)12-17/h5-10,12H,11H2,1-3H3. The van der Waals surface area contributed by atoms with Gasteiger partial charge in [-0.15, -0.1) is 0 Å². The zero-order chi connectivity index (χ0) is 17.3. The van der Waals surface area contributed by atoms with Crippen LogP contribution in [0, 0.1) is 27.3 Å². The molecule has 1 aromatic heterocycles. The van der Waals surface area contributed by atoms with Crippen LogP contribution in [-0.4, -0.2) is 9.78 Å². The summed E-state index contributed by atoms with van der Waals surface area (Å²) in [6.07, 6.45) is 0.853. The molecule has 0 unspecified atom stereocenters. The molecule has 0 N–H and O–H groups in total. The number of nitrogens with zero attached hydrogens (tertiary/aromatic N) is 3. The molecule has 0 saturated carbocycles. The maximum absolute atomic E-state index is 7.10. The summed E-state index contributed by atoms with van der Waals surface area (Å²) in [5, 5.41) is 5.13. The maximum Gasteiger partial charge on any atom is 0.205 e. The third kappa shape index (κ3) is 3.06. The summed E-state index contributed by atoms with van der Waals surface area (Å²) >= 11 is 6.17. The monoisotopic (exact) mass is 335 g/mol. The van der Waals surface area contributed by atoms with Crippen molar-refractivity contribution in [1.82, 2.24) is 9.78 Å². The third-order valence-corrected chi connectivity index (χ3v) is 4.54. The quantitative estimate of drug-likeness (QED) is 0.572. The van der Waals surface area contributed by atoms with Crippen LogP contribution >= 0.6 is 11.6 Å². The molecule has 3 rings (SSSR count). The van der Waals surface area contributed by atoms with E-state index in [1.54, 1.807) is 12.1 Å². The van der Waals surface area contributed by atoms with Gasteiger partial charge in [0.05, 0.1) is 18.0 Å². The molecule has 1 heterocycles. The van der Waals surface area contributed by atoms with Crippen LogP contribution in [0.4, 0.5) is 5.69 Å². The third-order valence-electron chi connectivity index (χ3n) is 4.24. The number of aromatic nitrogens is 2. The molecule has 24 heavy (non-hydrogen) atoms. The molecule has 0 fully saturated rings. The van der Waals surface area contributed by atoms with E-state index in [0.29, 0.717) is 10.7 Å². The van der Waals surface area contributed by atoms with Crippen molar-refractivity contribution in [2.75, 3.05) is 0 Å². The van der Waals surface area contributed by atoms with E-state index in [0.717, 1.165) is 23.5 Å². The Labute approximate surface area is 147 Å². The summed E-state index contributed by atoms with van der Waals surface area (Å²) in [4.78, 5) is 3.40. The van der Waals surface area contributed by atoms with Crippen molar-refractivity contribution in [3.63, 3.8) is 0 Å². The van der Waals surface area contributed by atoms with E-state index < -0.39 is 0 Å². The Balaban J connectivity index is 1.99. The fourth-order valence-corrected chi connectivity index (χ4v) is 3.03. The lowest BCUT2D eigenvalue weighted by molar-refractivity contribution is 0.833. The van der Waals surface area contributed by atoms with Crippen molar-refractivity contribution >= 4 is 17.3 Å². The number of benzene rings is 2. The Morgan fingerprint density at radius 3 is 2.42 bits per heavy atom. The Bertz CT molecular complexity index is 931. The molecular formula is C20H18ClN3. The zero-order valence-corrected chi connectivity index (χ0v) is 14.7. The molecule has 0 atom stereocenters. The molecule has 0 aliphatic rings. The molecule has 4 heteroatoms. The highest BCUT2D eigenvalue weighted by Gasteiger charge is 2.14. The fraction of sp³-hybridized carbons (Fsp3) is 0.200. The van der Waals surface area contributed by atoms with Crippen LogP contribution in [0.15, 0.2) is 42.5 Å². The summed E-state index contributed by atoms with van der Waals surface area (Å²) in [5.41, 5.74) is 7.21. The lowest BCUT2D eigenvalue weighted by Crippen LogP contribution is -1.99. The van der Waals surface area contributed by atoms with Gasteiger partial charge in [-0.1, -0.05) is 47.5 Å². The number of rotatable bonds is 3. The molecule has 0 spiro atoms. The number of hydrogen-bond donors (Lipinski definition) is 0. The number of halogens is 1. The Morgan fingerprint density at radius 1 is 1.08 bits per heavy atom. The van der Waals surface area contributed by atoms with Crippen LogP contribution in [0.25, 0.3) is 10.5 Å². The van der Waals surface area contributed by atoms with Crippen molar-refractivity contribution in [3.8, 4) is 5.69 Å². The van der Waals surface area contributed by atoms with Crippen molar-refractivity contribution < 1.29 is 0 Å². The summed E-state index contributed by atoms with van der Waals surface area (Å²) in [7, 11) is 0. The molecule has 0 aliphatic carbocycles. The van der Waals surface area contributed by atoms with Gasteiger partial charge in [0.1, 0.15) is 0 Å². The summed E-state index contributed by atoms with van der Waals surface area (Å²) < 4.78 is 1.90. The molecule has 0 aliphatic heterocycles. The lowest BCUT2D eigenvalue weighted by Gasteiger charge is -2.07. The van der Waals surface area contributed by atoms with E-state index in [2.05, 4.69) is 48.1 Å². The van der Waals surface area contributed by atoms with Gasteiger partial charge >= 0.3 is 0 Å². The first kappa shape index (κ1) is 16.3. The Morgan fingerprint density at radius 2 is 1.79 bits per heavy atom. The predicted octanol–water partition coefficient (Wildman–Crippen LogP) is 5.59. The Hall–Kier alpha value is -2.57. The van der Waals surface area contributed by atoms with Gasteiger partial charge < -0.3 is 0 Å². The molecule has 2 aromatic carbocycles. The highest BCUT2D eigenvalue weighted by atomic mass is 35.5. The van der Waals surface area contributed by atoms with E-state index in [-0.39, 0.29) is 0 Å². The van der Waals surface area contributed by atoms with Gasteiger partial charge in [0, 0.05) is 22.7 Å². The van der Waals surface area contributed by atoms with Gasteiger partial charge in [-0.05, 0) is 38.5 Å². The average molecular weight is 336 g/mol. The average Bonchev–Trinajstić information content (AvgIpc) is 2.85. The molecule has 120 valence electrons. The smallest absolute Gasteiger partial charge is 0.205 e. The predicted molar refractivity (Wildman–Crippen MR) is 98.3 cm³/mol. The van der Waals surface area contributed by atoms with Crippen LogP contribution in [0.2, 0.25) is 5.02 Å². The molecule has 0 saturated heterocycles. The van der Waals surface area contributed by atoms with Gasteiger partial charge in [0.25, 0.3) is 0 Å².